The van der Waals surface area contributed by atoms with Crippen molar-refractivity contribution in [2.75, 3.05) is 18.9 Å². The number of nitro benzene ring substituents is 1. The van der Waals surface area contributed by atoms with Gasteiger partial charge in [-0.25, -0.2) is 4.79 Å². The monoisotopic (exact) mass is 363 g/mol. The van der Waals surface area contributed by atoms with Crippen LogP contribution in [0.2, 0.25) is 0 Å². The zero-order chi connectivity index (χ0) is 19.1. The first-order valence-electron chi connectivity index (χ1n) is 8.87. The van der Waals surface area contributed by atoms with E-state index in [9.17, 15) is 19.7 Å². The molecule has 0 bridgehead atoms. The Morgan fingerprint density at radius 1 is 1.31 bits per heavy atom. The Morgan fingerprint density at radius 3 is 2.62 bits per heavy atom. The number of amides is 1. The number of hydrogen-bond acceptors (Lipinski definition) is 6. The number of carbonyl (C=O) groups excluding carboxylic acids is 2. The smallest absolute Gasteiger partial charge is 0.341 e. The number of nitrogens with zero attached hydrogens (tertiary/aromatic N) is 1. The van der Waals surface area contributed by atoms with Gasteiger partial charge in [0, 0.05) is 31.4 Å². The number of nitro groups is 1. The fourth-order valence-electron chi connectivity index (χ4n) is 3.09. The summed E-state index contributed by atoms with van der Waals surface area (Å²) in [5.74, 6) is -0.665. The summed E-state index contributed by atoms with van der Waals surface area (Å²) in [7, 11) is 1.60. The van der Waals surface area contributed by atoms with E-state index in [1.807, 2.05) is 0 Å². The number of rotatable bonds is 7. The van der Waals surface area contributed by atoms with Crippen LogP contribution in [0.4, 0.5) is 11.4 Å². The fraction of sp³-hybridized carbons (Fsp3) is 0.556. The number of esters is 1. The number of hydrogen-bond donors (Lipinski definition) is 2. The third-order valence-electron chi connectivity index (χ3n) is 4.65. The molecule has 0 saturated heterocycles. The summed E-state index contributed by atoms with van der Waals surface area (Å²) in [4.78, 5) is 34.8. The van der Waals surface area contributed by atoms with Gasteiger partial charge >= 0.3 is 5.97 Å². The molecule has 0 aromatic heterocycles. The number of anilines is 1. The number of nitrogens with one attached hydrogen (secondary N) is 2. The predicted molar refractivity (Wildman–Crippen MR) is 97.1 cm³/mol. The molecule has 0 unspecified atom stereocenters. The topological polar surface area (TPSA) is 111 Å². The van der Waals surface area contributed by atoms with Crippen LogP contribution >= 0.6 is 0 Å². The minimum Gasteiger partial charge on any atom is -0.449 e. The van der Waals surface area contributed by atoms with Crippen LogP contribution in [-0.2, 0) is 9.53 Å². The molecule has 0 heterocycles. The molecule has 1 saturated carbocycles. The predicted octanol–water partition coefficient (Wildman–Crippen LogP) is 2.88. The first-order chi connectivity index (χ1) is 12.4. The summed E-state index contributed by atoms with van der Waals surface area (Å²) < 4.78 is 5.20. The van der Waals surface area contributed by atoms with Crippen LogP contribution < -0.4 is 10.6 Å². The molecule has 2 N–H and O–H groups in total. The van der Waals surface area contributed by atoms with Crippen LogP contribution in [0.1, 0.15) is 49.4 Å². The zero-order valence-electron chi connectivity index (χ0n) is 15.1. The van der Waals surface area contributed by atoms with Gasteiger partial charge in [0.15, 0.2) is 6.10 Å². The first-order valence-corrected chi connectivity index (χ1v) is 8.87. The SMILES string of the molecule is CNc1ccc([N+](=O)[O-])cc1C(=O)O[C@H](C)C(=O)NCC1CCCCC1. The van der Waals surface area contributed by atoms with Gasteiger partial charge in [-0.15, -0.1) is 0 Å². The summed E-state index contributed by atoms with van der Waals surface area (Å²) in [6.07, 6.45) is 4.85. The van der Waals surface area contributed by atoms with Crippen molar-refractivity contribution < 1.29 is 19.2 Å². The van der Waals surface area contributed by atoms with Gasteiger partial charge in [-0.2, -0.15) is 0 Å². The maximum atomic E-state index is 12.4. The van der Waals surface area contributed by atoms with Crippen molar-refractivity contribution in [1.82, 2.24) is 5.32 Å². The van der Waals surface area contributed by atoms with Crippen LogP contribution in [0.3, 0.4) is 0 Å². The Morgan fingerprint density at radius 2 is 2.00 bits per heavy atom. The van der Waals surface area contributed by atoms with Crippen molar-refractivity contribution in [2.24, 2.45) is 5.92 Å². The highest BCUT2D eigenvalue weighted by Crippen LogP contribution is 2.24. The summed E-state index contributed by atoms with van der Waals surface area (Å²) in [6, 6.07) is 3.87. The second-order valence-corrected chi connectivity index (χ2v) is 6.53. The van der Waals surface area contributed by atoms with Gasteiger partial charge in [0.25, 0.3) is 11.6 Å². The molecule has 0 aliphatic heterocycles. The van der Waals surface area contributed by atoms with Crippen molar-refractivity contribution in [1.29, 1.82) is 0 Å². The van der Waals surface area contributed by atoms with Crippen molar-refractivity contribution in [3.05, 3.63) is 33.9 Å². The van der Waals surface area contributed by atoms with Gasteiger partial charge in [-0.05, 0) is 31.7 Å². The maximum absolute atomic E-state index is 12.4. The molecule has 0 radical (unpaired) electrons. The Hall–Kier alpha value is -2.64. The number of benzene rings is 1. The van der Waals surface area contributed by atoms with Crippen LogP contribution in [0.25, 0.3) is 0 Å². The van der Waals surface area contributed by atoms with Crippen molar-refractivity contribution in [2.45, 2.75) is 45.1 Å². The molecule has 1 fully saturated rings. The summed E-state index contributed by atoms with van der Waals surface area (Å²) in [5.41, 5.74) is 0.203. The number of non-ortho nitro benzene ring substituents is 1. The second kappa shape index (κ2) is 9.17. The largest absolute Gasteiger partial charge is 0.449 e. The van der Waals surface area contributed by atoms with E-state index >= 15 is 0 Å². The van der Waals surface area contributed by atoms with Gasteiger partial charge < -0.3 is 15.4 Å². The number of ether oxygens (including phenoxy) is 1. The van der Waals surface area contributed by atoms with E-state index in [4.69, 9.17) is 4.74 Å². The second-order valence-electron chi connectivity index (χ2n) is 6.53. The fourth-order valence-corrected chi connectivity index (χ4v) is 3.09. The molecule has 8 nitrogen and oxygen atoms in total. The van der Waals surface area contributed by atoms with Crippen LogP contribution in [-0.4, -0.2) is 36.5 Å². The Balaban J connectivity index is 1.96. The highest BCUT2D eigenvalue weighted by atomic mass is 16.6. The Labute approximate surface area is 152 Å². The minimum atomic E-state index is -0.977. The molecular weight excluding hydrogens is 338 g/mol. The molecule has 8 heteroatoms. The Kier molecular flexibility index (Phi) is 6.94. The van der Waals surface area contributed by atoms with E-state index in [-0.39, 0.29) is 17.2 Å². The molecule has 1 aliphatic carbocycles. The highest BCUT2D eigenvalue weighted by Gasteiger charge is 2.23. The van der Waals surface area contributed by atoms with Crippen molar-refractivity contribution in [3.63, 3.8) is 0 Å². The third-order valence-corrected chi connectivity index (χ3v) is 4.65. The molecule has 1 aliphatic rings. The minimum absolute atomic E-state index is 0.0219. The van der Waals surface area contributed by atoms with E-state index in [0.29, 0.717) is 18.2 Å². The molecule has 1 amide bonds. The van der Waals surface area contributed by atoms with Gasteiger partial charge in [-0.3, -0.25) is 14.9 Å². The zero-order valence-corrected chi connectivity index (χ0v) is 15.1. The van der Waals surface area contributed by atoms with E-state index in [2.05, 4.69) is 10.6 Å². The van der Waals surface area contributed by atoms with E-state index in [1.165, 1.54) is 38.3 Å². The van der Waals surface area contributed by atoms with Gasteiger partial charge in [0.2, 0.25) is 0 Å². The lowest BCUT2D eigenvalue weighted by atomic mass is 9.89. The highest BCUT2D eigenvalue weighted by molar-refractivity contribution is 5.98. The third kappa shape index (κ3) is 5.18. The molecule has 142 valence electrons. The van der Waals surface area contributed by atoms with Crippen molar-refractivity contribution >= 4 is 23.3 Å². The lowest BCUT2D eigenvalue weighted by Gasteiger charge is -2.22. The van der Waals surface area contributed by atoms with E-state index < -0.39 is 17.0 Å². The number of carbonyl (C=O) groups is 2. The van der Waals surface area contributed by atoms with E-state index in [1.54, 1.807) is 7.05 Å². The quantitative estimate of drug-likeness (QED) is 0.438. The average Bonchev–Trinajstić information content (AvgIpc) is 2.66. The molecule has 1 aromatic rings. The van der Waals surface area contributed by atoms with Gasteiger partial charge in [0.05, 0.1) is 10.5 Å². The summed E-state index contributed by atoms with van der Waals surface area (Å²) in [5, 5.41) is 16.5. The molecule has 0 spiro atoms. The average molecular weight is 363 g/mol. The lowest BCUT2D eigenvalue weighted by molar-refractivity contribution is -0.384. The summed E-state index contributed by atoms with van der Waals surface area (Å²) in [6.45, 7) is 2.07. The van der Waals surface area contributed by atoms with Crippen LogP contribution in [0, 0.1) is 16.0 Å². The van der Waals surface area contributed by atoms with Crippen LogP contribution in [0.5, 0.6) is 0 Å². The molecule has 1 aromatic carbocycles. The molecule has 2 rings (SSSR count). The molecular formula is C18H25N3O5. The molecule has 1 atom stereocenters. The van der Waals surface area contributed by atoms with E-state index in [0.717, 1.165) is 18.9 Å². The molecule has 26 heavy (non-hydrogen) atoms. The first kappa shape index (κ1) is 19.7. The lowest BCUT2D eigenvalue weighted by Crippen LogP contribution is -2.38. The normalized spacial score (nSPS) is 15.8. The Bertz CT molecular complexity index is 671. The van der Waals surface area contributed by atoms with Crippen molar-refractivity contribution in [3.8, 4) is 0 Å². The van der Waals surface area contributed by atoms with Gasteiger partial charge in [0.1, 0.15) is 0 Å². The van der Waals surface area contributed by atoms with Crippen LogP contribution in [0.15, 0.2) is 18.2 Å². The standard InChI is InChI=1S/C18H25N3O5/c1-12(17(22)20-11-13-6-4-3-5-7-13)26-18(23)15-10-14(21(24)25)8-9-16(15)19-2/h8-10,12-13,19H,3-7,11H2,1-2H3,(H,20,22)/t12-/m1/s1. The summed E-state index contributed by atoms with van der Waals surface area (Å²) >= 11 is 0. The maximum Gasteiger partial charge on any atom is 0.341 e. The van der Waals surface area contributed by atoms with Gasteiger partial charge in [-0.1, -0.05) is 19.3 Å².